The van der Waals surface area contributed by atoms with Crippen molar-refractivity contribution in [1.82, 2.24) is 0 Å². The molecular weight excluding hydrogens is 96.1 g/mol. The van der Waals surface area contributed by atoms with Crippen molar-refractivity contribution in [2.75, 3.05) is 0 Å². The third-order valence-electron chi connectivity index (χ3n) is 0. The van der Waals surface area contributed by atoms with Crippen molar-refractivity contribution in [3.8, 4) is 0 Å². The molecule has 0 amide bonds. The minimum Gasteiger partial charge on any atom is -0.100 e. The van der Waals surface area contributed by atoms with E-state index in [-0.39, 0.29) is 0 Å². The van der Waals surface area contributed by atoms with E-state index in [0.29, 0.717) is 0 Å². The van der Waals surface area contributed by atoms with Gasteiger partial charge >= 0.3 is 0 Å². The topological polar surface area (TPSA) is 0 Å². The summed E-state index contributed by atoms with van der Waals surface area (Å²) in [4.78, 5) is 0. The first-order valence-electron chi connectivity index (χ1n) is 2.71. The Morgan fingerprint density at radius 3 is 0.750 bits per heavy atom. The lowest BCUT2D eigenvalue weighted by atomic mass is 10.4. The smallest absolute Gasteiger partial charge is 0.0445 e. The Morgan fingerprint density at radius 1 is 0.750 bits per heavy atom. The summed E-state index contributed by atoms with van der Waals surface area (Å²) in [6, 6.07) is 0. The average molecular weight is 112 g/mol. The highest BCUT2D eigenvalue weighted by Crippen LogP contribution is 1.74. The lowest BCUT2D eigenvalue weighted by Gasteiger charge is -1.65. The van der Waals surface area contributed by atoms with Gasteiger partial charge in [-0.3, -0.25) is 0 Å². The van der Waals surface area contributed by atoms with Gasteiger partial charge in [-0.25, -0.2) is 0 Å². The van der Waals surface area contributed by atoms with Crippen LogP contribution in [0.5, 0.6) is 0 Å². The maximum absolute atomic E-state index is 3.56. The lowest BCUT2D eigenvalue weighted by molar-refractivity contribution is 1.42. The molecule has 0 atom stereocenters. The molecule has 0 saturated heterocycles. The molecule has 0 heteroatoms. The molecule has 0 nitrogen and oxygen atoms in total. The molecule has 0 radical (unpaired) electrons. The molecule has 0 fully saturated rings. The molecule has 0 heterocycles. The quantitative estimate of drug-likeness (QED) is 0.422. The summed E-state index contributed by atoms with van der Waals surface area (Å²) < 4.78 is 0. The molecule has 0 aromatic rings. The molecule has 0 spiro atoms. The summed E-state index contributed by atoms with van der Waals surface area (Å²) in [5.41, 5.74) is 2.33. The Bertz CT molecular complexity index is 58.0. The number of allylic oxidation sites excluding steroid dienone is 2. The van der Waals surface area contributed by atoms with Gasteiger partial charge in [-0.15, -0.1) is 13.2 Å². The standard InChI is InChI=1S/2C4H8/c2*1-4(2)3/h2*1H2,2-3H3. The van der Waals surface area contributed by atoms with Crippen LogP contribution in [0.1, 0.15) is 27.7 Å². The van der Waals surface area contributed by atoms with Gasteiger partial charge in [0.2, 0.25) is 0 Å². The summed E-state index contributed by atoms with van der Waals surface area (Å²) in [6.07, 6.45) is 0. The second-order valence-corrected chi connectivity index (χ2v) is 2.41. The van der Waals surface area contributed by atoms with Crippen molar-refractivity contribution in [3.05, 3.63) is 24.3 Å². The van der Waals surface area contributed by atoms with Crippen LogP contribution in [0.25, 0.3) is 0 Å². The fraction of sp³-hybridized carbons (Fsp3) is 0.500. The van der Waals surface area contributed by atoms with Crippen LogP contribution in [0.4, 0.5) is 0 Å². The van der Waals surface area contributed by atoms with Gasteiger partial charge in [0.1, 0.15) is 0 Å². The summed E-state index contributed by atoms with van der Waals surface area (Å²) in [6.45, 7) is 15.0. The zero-order valence-electron chi connectivity index (χ0n) is 6.41. The van der Waals surface area contributed by atoms with Crippen LogP contribution in [-0.2, 0) is 0 Å². The van der Waals surface area contributed by atoms with Crippen molar-refractivity contribution in [3.63, 3.8) is 0 Å². The van der Waals surface area contributed by atoms with Crippen molar-refractivity contribution < 1.29 is 0 Å². The fourth-order valence-corrected chi connectivity index (χ4v) is 0. The van der Waals surface area contributed by atoms with E-state index in [4.69, 9.17) is 0 Å². The van der Waals surface area contributed by atoms with Gasteiger partial charge in [0.25, 0.3) is 0 Å². The van der Waals surface area contributed by atoms with E-state index < -0.39 is 0 Å². The molecule has 0 N–H and O–H groups in total. The Balaban J connectivity index is 0. The van der Waals surface area contributed by atoms with Crippen molar-refractivity contribution >= 4 is 0 Å². The summed E-state index contributed by atoms with van der Waals surface area (Å²) in [5.74, 6) is 0. The van der Waals surface area contributed by atoms with E-state index in [2.05, 4.69) is 13.2 Å². The van der Waals surface area contributed by atoms with Crippen LogP contribution >= 0.6 is 0 Å². The molecule has 0 aromatic carbocycles. The molecule has 48 valence electrons. The van der Waals surface area contributed by atoms with Gasteiger partial charge in [-0.1, -0.05) is 11.1 Å². The van der Waals surface area contributed by atoms with Crippen molar-refractivity contribution in [2.45, 2.75) is 27.7 Å². The normalized spacial score (nSPS) is 6.50. The molecule has 0 aliphatic rings. The second kappa shape index (κ2) is 6.48. The minimum absolute atomic E-state index is 1.17. The highest BCUT2D eigenvalue weighted by Gasteiger charge is 1.52. The molecule has 0 aliphatic carbocycles. The zero-order valence-corrected chi connectivity index (χ0v) is 6.41. The minimum atomic E-state index is 1.17. The number of rotatable bonds is 0. The van der Waals surface area contributed by atoms with Crippen LogP contribution in [0.2, 0.25) is 0 Å². The molecule has 0 rings (SSSR count). The van der Waals surface area contributed by atoms with Gasteiger partial charge in [-0.2, -0.15) is 0 Å². The lowest BCUT2D eigenvalue weighted by Crippen LogP contribution is -1.43. The third kappa shape index (κ3) is 407. The van der Waals surface area contributed by atoms with Gasteiger partial charge in [-0.05, 0) is 27.7 Å². The first-order valence-corrected chi connectivity index (χ1v) is 2.71. The molecule has 0 aromatic heterocycles. The van der Waals surface area contributed by atoms with E-state index in [1.54, 1.807) is 0 Å². The van der Waals surface area contributed by atoms with Gasteiger partial charge in [0, 0.05) is 0 Å². The molecular formula is C8H16. The van der Waals surface area contributed by atoms with E-state index in [1.807, 2.05) is 27.7 Å². The maximum Gasteiger partial charge on any atom is -0.0445 e. The molecule has 0 unspecified atom stereocenters. The van der Waals surface area contributed by atoms with E-state index in [1.165, 1.54) is 11.1 Å². The SMILES string of the molecule is C=C(C)C.C=C(C)C. The predicted octanol–water partition coefficient (Wildman–Crippen LogP) is 3.16. The van der Waals surface area contributed by atoms with Crippen LogP contribution in [0.15, 0.2) is 24.3 Å². The first kappa shape index (κ1) is 10.5. The van der Waals surface area contributed by atoms with Crippen molar-refractivity contribution in [1.29, 1.82) is 0 Å². The average Bonchev–Trinajstić information content (AvgIpc) is 1.25. The van der Waals surface area contributed by atoms with Crippen molar-refractivity contribution in [2.24, 2.45) is 0 Å². The predicted molar refractivity (Wildman–Crippen MR) is 41.0 cm³/mol. The summed E-state index contributed by atoms with van der Waals surface area (Å²) >= 11 is 0. The maximum atomic E-state index is 3.56. The Labute approximate surface area is 52.9 Å². The van der Waals surface area contributed by atoms with Gasteiger partial charge in [0.15, 0.2) is 0 Å². The van der Waals surface area contributed by atoms with Crippen LogP contribution < -0.4 is 0 Å². The molecule has 0 bridgehead atoms. The Morgan fingerprint density at radius 2 is 0.750 bits per heavy atom. The van der Waals surface area contributed by atoms with Gasteiger partial charge in [0.05, 0.1) is 0 Å². The Kier molecular flexibility index (Phi) is 8.47. The molecule has 0 saturated carbocycles. The monoisotopic (exact) mass is 112 g/mol. The van der Waals surface area contributed by atoms with E-state index >= 15 is 0 Å². The van der Waals surface area contributed by atoms with Crippen LogP contribution in [-0.4, -0.2) is 0 Å². The summed E-state index contributed by atoms with van der Waals surface area (Å²) in [5, 5.41) is 0. The largest absolute Gasteiger partial charge is 0.100 e. The zero-order chi connectivity index (χ0) is 7.15. The van der Waals surface area contributed by atoms with Crippen LogP contribution in [0, 0.1) is 0 Å². The number of hydrogen-bond donors (Lipinski definition) is 0. The van der Waals surface area contributed by atoms with Crippen LogP contribution in [0.3, 0.4) is 0 Å². The molecule has 0 aliphatic heterocycles. The van der Waals surface area contributed by atoms with E-state index in [0.717, 1.165) is 0 Å². The highest BCUT2D eigenvalue weighted by molar-refractivity contribution is 4.79. The fourth-order valence-electron chi connectivity index (χ4n) is 0. The summed E-state index contributed by atoms with van der Waals surface area (Å²) in [7, 11) is 0. The second-order valence-electron chi connectivity index (χ2n) is 2.41. The molecule has 8 heavy (non-hydrogen) atoms. The van der Waals surface area contributed by atoms with Gasteiger partial charge < -0.3 is 0 Å². The number of hydrogen-bond acceptors (Lipinski definition) is 0. The highest BCUT2D eigenvalue weighted by atomic mass is 13.6. The first-order chi connectivity index (χ1) is 3.46. The Hall–Kier alpha value is -0.520. The third-order valence-corrected chi connectivity index (χ3v) is 0. The van der Waals surface area contributed by atoms with E-state index in [9.17, 15) is 0 Å².